The molecule has 3 aromatic carbocycles. The van der Waals surface area contributed by atoms with E-state index in [0.717, 1.165) is 16.0 Å². The standard InChI is InChI=1S/C27H23BrFN3O5/c1-16-6-5-7-17(10-16)15-37-25-19(28)11-18(13-23(25)36-2)12-22-26(34)32(27(35)31-22)14-24(33)30-21-9-4-3-8-20(21)29/h3-13H,14-15H2,1-2H3,(H,30,33)(H,31,35)/b22-12+. The Balaban J connectivity index is 1.48. The molecule has 4 rings (SSSR count). The van der Waals surface area contributed by atoms with Crippen LogP contribution in [0.15, 0.2) is 70.8 Å². The average molecular weight is 568 g/mol. The van der Waals surface area contributed by atoms with Gasteiger partial charge in [0.05, 0.1) is 17.3 Å². The van der Waals surface area contributed by atoms with Crippen molar-refractivity contribution in [2.75, 3.05) is 19.0 Å². The first-order valence-corrected chi connectivity index (χ1v) is 12.0. The maximum Gasteiger partial charge on any atom is 0.329 e. The van der Waals surface area contributed by atoms with Gasteiger partial charge >= 0.3 is 6.03 Å². The summed E-state index contributed by atoms with van der Waals surface area (Å²) in [7, 11) is 1.50. The van der Waals surface area contributed by atoms with Gasteiger partial charge in [-0.1, -0.05) is 42.0 Å². The van der Waals surface area contributed by atoms with E-state index in [2.05, 4.69) is 26.6 Å². The summed E-state index contributed by atoms with van der Waals surface area (Å²) in [6.07, 6.45) is 1.46. The van der Waals surface area contributed by atoms with Gasteiger partial charge in [-0.25, -0.2) is 14.1 Å². The van der Waals surface area contributed by atoms with E-state index >= 15 is 0 Å². The Bertz CT molecular complexity index is 1410. The number of imide groups is 1. The van der Waals surface area contributed by atoms with Crippen molar-refractivity contribution < 1.29 is 28.2 Å². The highest BCUT2D eigenvalue weighted by Crippen LogP contribution is 2.38. The zero-order valence-electron chi connectivity index (χ0n) is 20.0. The Morgan fingerprint density at radius 1 is 1.14 bits per heavy atom. The predicted octanol–water partition coefficient (Wildman–Crippen LogP) is 5.02. The molecule has 0 spiro atoms. The Labute approximate surface area is 221 Å². The highest BCUT2D eigenvalue weighted by Gasteiger charge is 2.35. The summed E-state index contributed by atoms with van der Waals surface area (Å²) in [5.41, 5.74) is 2.60. The smallest absolute Gasteiger partial charge is 0.329 e. The fourth-order valence-electron chi connectivity index (χ4n) is 3.70. The molecule has 0 unspecified atom stereocenters. The first-order valence-electron chi connectivity index (χ1n) is 11.2. The Morgan fingerprint density at radius 2 is 1.92 bits per heavy atom. The molecule has 37 heavy (non-hydrogen) atoms. The maximum absolute atomic E-state index is 13.8. The molecule has 0 atom stereocenters. The summed E-state index contributed by atoms with van der Waals surface area (Å²) >= 11 is 3.48. The molecule has 0 aliphatic carbocycles. The SMILES string of the molecule is COc1cc(/C=C2/NC(=O)N(CC(=O)Nc3ccccc3F)C2=O)cc(Br)c1OCc1cccc(C)c1. The third kappa shape index (κ3) is 6.15. The number of benzene rings is 3. The number of para-hydroxylation sites is 1. The van der Waals surface area contributed by atoms with Crippen LogP contribution in [0.3, 0.4) is 0 Å². The molecule has 1 saturated heterocycles. The molecule has 0 saturated carbocycles. The van der Waals surface area contributed by atoms with E-state index in [1.54, 1.807) is 18.2 Å². The van der Waals surface area contributed by atoms with Crippen molar-refractivity contribution in [3.05, 3.63) is 93.3 Å². The highest BCUT2D eigenvalue weighted by atomic mass is 79.9. The Morgan fingerprint density at radius 3 is 2.65 bits per heavy atom. The number of carbonyl (C=O) groups excluding carboxylic acids is 3. The molecule has 8 nitrogen and oxygen atoms in total. The van der Waals surface area contributed by atoms with Gasteiger partial charge in [-0.05, 0) is 64.3 Å². The zero-order valence-corrected chi connectivity index (χ0v) is 21.6. The minimum absolute atomic E-state index is 0.0222. The summed E-state index contributed by atoms with van der Waals surface area (Å²) in [6, 6.07) is 16.2. The van der Waals surface area contributed by atoms with Crippen molar-refractivity contribution in [2.24, 2.45) is 0 Å². The fraction of sp³-hybridized carbons (Fsp3) is 0.148. The topological polar surface area (TPSA) is 97.0 Å². The minimum atomic E-state index is -0.760. The van der Waals surface area contributed by atoms with Crippen molar-refractivity contribution in [1.82, 2.24) is 10.2 Å². The number of amides is 4. The summed E-state index contributed by atoms with van der Waals surface area (Å²) in [5.74, 6) is -1.12. The molecule has 1 fully saturated rings. The van der Waals surface area contributed by atoms with Crippen molar-refractivity contribution in [1.29, 1.82) is 0 Å². The van der Waals surface area contributed by atoms with Gasteiger partial charge in [-0.15, -0.1) is 0 Å². The molecular formula is C27H23BrFN3O5. The van der Waals surface area contributed by atoms with Crippen molar-refractivity contribution in [3.63, 3.8) is 0 Å². The van der Waals surface area contributed by atoms with Crippen LogP contribution in [0.4, 0.5) is 14.9 Å². The van der Waals surface area contributed by atoms with Gasteiger partial charge in [-0.3, -0.25) is 9.59 Å². The minimum Gasteiger partial charge on any atom is -0.493 e. The lowest BCUT2D eigenvalue weighted by atomic mass is 10.1. The third-order valence-corrected chi connectivity index (χ3v) is 6.03. The van der Waals surface area contributed by atoms with Gasteiger partial charge in [0.1, 0.15) is 24.7 Å². The summed E-state index contributed by atoms with van der Waals surface area (Å²) in [5, 5.41) is 4.82. The molecule has 4 amide bonds. The van der Waals surface area contributed by atoms with Crippen LogP contribution in [0.25, 0.3) is 6.08 Å². The van der Waals surface area contributed by atoms with Crippen LogP contribution in [0.5, 0.6) is 11.5 Å². The number of ether oxygens (including phenoxy) is 2. The number of nitrogens with zero attached hydrogens (tertiary/aromatic N) is 1. The molecule has 10 heteroatoms. The van der Waals surface area contributed by atoms with Crippen LogP contribution in [0, 0.1) is 12.7 Å². The van der Waals surface area contributed by atoms with E-state index in [4.69, 9.17) is 9.47 Å². The van der Waals surface area contributed by atoms with E-state index in [9.17, 15) is 18.8 Å². The molecule has 1 aliphatic rings. The number of rotatable bonds is 8. The van der Waals surface area contributed by atoms with Crippen molar-refractivity contribution in [3.8, 4) is 11.5 Å². The molecule has 1 heterocycles. The number of aryl methyl sites for hydroxylation is 1. The van der Waals surface area contributed by atoms with E-state index in [-0.39, 0.29) is 11.4 Å². The van der Waals surface area contributed by atoms with Crippen LogP contribution in [-0.2, 0) is 16.2 Å². The number of halogens is 2. The van der Waals surface area contributed by atoms with Gasteiger partial charge in [0.15, 0.2) is 11.5 Å². The van der Waals surface area contributed by atoms with E-state index < -0.39 is 30.2 Å². The van der Waals surface area contributed by atoms with E-state index in [0.29, 0.717) is 28.1 Å². The van der Waals surface area contributed by atoms with Gasteiger partial charge in [0, 0.05) is 0 Å². The maximum atomic E-state index is 13.8. The van der Waals surface area contributed by atoms with Crippen molar-refractivity contribution in [2.45, 2.75) is 13.5 Å². The second-order valence-corrected chi connectivity index (χ2v) is 9.07. The van der Waals surface area contributed by atoms with Gasteiger partial charge in [0.25, 0.3) is 5.91 Å². The molecule has 0 bridgehead atoms. The Hall–Kier alpha value is -4.18. The fourth-order valence-corrected chi connectivity index (χ4v) is 4.27. The summed E-state index contributed by atoms with van der Waals surface area (Å²) in [6.45, 7) is 1.76. The van der Waals surface area contributed by atoms with Crippen LogP contribution < -0.4 is 20.1 Å². The molecule has 1 aliphatic heterocycles. The molecule has 0 radical (unpaired) electrons. The molecule has 3 aromatic rings. The second-order valence-electron chi connectivity index (χ2n) is 8.22. The number of nitrogens with one attached hydrogen (secondary N) is 2. The van der Waals surface area contributed by atoms with Crippen LogP contribution in [0.1, 0.15) is 16.7 Å². The van der Waals surface area contributed by atoms with Crippen LogP contribution in [0.2, 0.25) is 0 Å². The highest BCUT2D eigenvalue weighted by molar-refractivity contribution is 9.10. The molecule has 0 aromatic heterocycles. The number of urea groups is 1. The lowest BCUT2D eigenvalue weighted by Crippen LogP contribution is -2.38. The van der Waals surface area contributed by atoms with Gasteiger partial charge in [-0.2, -0.15) is 0 Å². The lowest BCUT2D eigenvalue weighted by Gasteiger charge is -2.14. The van der Waals surface area contributed by atoms with Gasteiger partial charge in [0.2, 0.25) is 5.91 Å². The zero-order chi connectivity index (χ0) is 26.5. The normalized spacial score (nSPS) is 14.1. The molecule has 2 N–H and O–H groups in total. The predicted molar refractivity (Wildman–Crippen MR) is 139 cm³/mol. The Kier molecular flexibility index (Phi) is 7.88. The second kappa shape index (κ2) is 11.3. The van der Waals surface area contributed by atoms with Crippen molar-refractivity contribution >= 4 is 45.5 Å². The lowest BCUT2D eigenvalue weighted by molar-refractivity contribution is -0.127. The monoisotopic (exact) mass is 567 g/mol. The summed E-state index contributed by atoms with van der Waals surface area (Å²) < 4.78 is 25.8. The largest absolute Gasteiger partial charge is 0.493 e. The number of anilines is 1. The number of methoxy groups -OCH3 is 1. The summed E-state index contributed by atoms with van der Waals surface area (Å²) in [4.78, 5) is 38.3. The van der Waals surface area contributed by atoms with E-state index in [1.807, 2.05) is 31.2 Å². The van der Waals surface area contributed by atoms with Gasteiger partial charge < -0.3 is 20.1 Å². The van der Waals surface area contributed by atoms with Crippen LogP contribution in [-0.4, -0.2) is 36.4 Å². The first kappa shape index (κ1) is 25.9. The third-order valence-electron chi connectivity index (χ3n) is 5.44. The molecule has 190 valence electrons. The first-order chi connectivity index (χ1) is 17.7. The number of carbonyl (C=O) groups is 3. The average Bonchev–Trinajstić information content (AvgIpc) is 3.11. The van der Waals surface area contributed by atoms with Crippen LogP contribution >= 0.6 is 15.9 Å². The number of hydrogen-bond acceptors (Lipinski definition) is 5. The van der Waals surface area contributed by atoms with E-state index in [1.165, 1.54) is 31.4 Å². The number of hydrogen-bond donors (Lipinski definition) is 2. The molecular weight excluding hydrogens is 545 g/mol. The quantitative estimate of drug-likeness (QED) is 0.294.